The molecule has 3 rings (SSSR count). The van der Waals surface area contributed by atoms with Crippen molar-refractivity contribution in [1.29, 1.82) is 0 Å². The third-order valence-corrected chi connectivity index (χ3v) is 3.65. The largest absolute Gasteiger partial charge is 0.379 e. The molecule has 4 heteroatoms. The number of amides is 1. The third-order valence-electron chi connectivity index (χ3n) is 3.65. The van der Waals surface area contributed by atoms with Crippen molar-refractivity contribution in [3.63, 3.8) is 0 Å². The SMILES string of the molecule is O=C(NC1CCOC1)c1cccc2c1CCNC2. The highest BCUT2D eigenvalue weighted by Crippen LogP contribution is 2.19. The number of ether oxygens (including phenoxy) is 1. The summed E-state index contributed by atoms with van der Waals surface area (Å²) in [6.45, 7) is 3.21. The van der Waals surface area contributed by atoms with E-state index in [2.05, 4.69) is 16.7 Å². The highest BCUT2D eigenvalue weighted by atomic mass is 16.5. The van der Waals surface area contributed by atoms with Crippen LogP contribution in [0.15, 0.2) is 18.2 Å². The van der Waals surface area contributed by atoms with Crippen LogP contribution in [-0.2, 0) is 17.7 Å². The minimum atomic E-state index is 0.0456. The third kappa shape index (κ3) is 2.26. The Hall–Kier alpha value is -1.39. The van der Waals surface area contributed by atoms with Crippen molar-refractivity contribution >= 4 is 5.91 Å². The number of fused-ring (bicyclic) bond motifs is 1. The van der Waals surface area contributed by atoms with E-state index in [0.29, 0.717) is 6.61 Å². The number of rotatable bonds is 2. The molecule has 2 aliphatic rings. The quantitative estimate of drug-likeness (QED) is 0.813. The fraction of sp³-hybridized carbons (Fsp3) is 0.500. The van der Waals surface area contributed by atoms with Crippen molar-refractivity contribution in [2.24, 2.45) is 0 Å². The lowest BCUT2D eigenvalue weighted by Gasteiger charge is -2.20. The van der Waals surface area contributed by atoms with Gasteiger partial charge in [0.2, 0.25) is 0 Å². The van der Waals surface area contributed by atoms with Gasteiger partial charge in [-0.05, 0) is 36.6 Å². The Morgan fingerprint density at radius 3 is 3.22 bits per heavy atom. The molecule has 4 nitrogen and oxygen atoms in total. The second kappa shape index (κ2) is 5.08. The Balaban J connectivity index is 1.80. The van der Waals surface area contributed by atoms with E-state index < -0.39 is 0 Å². The van der Waals surface area contributed by atoms with E-state index in [1.807, 2.05) is 12.1 Å². The molecule has 96 valence electrons. The smallest absolute Gasteiger partial charge is 0.251 e. The molecule has 2 aliphatic heterocycles. The zero-order valence-electron chi connectivity index (χ0n) is 10.4. The zero-order valence-corrected chi connectivity index (χ0v) is 10.4. The molecule has 1 aromatic carbocycles. The molecule has 1 unspecified atom stereocenters. The van der Waals surface area contributed by atoms with Gasteiger partial charge in [0.1, 0.15) is 0 Å². The number of benzene rings is 1. The Labute approximate surface area is 107 Å². The molecule has 2 N–H and O–H groups in total. The number of hydrogen-bond donors (Lipinski definition) is 2. The first kappa shape index (κ1) is 11.7. The lowest BCUT2D eigenvalue weighted by molar-refractivity contribution is 0.0928. The molecule has 1 saturated heterocycles. The van der Waals surface area contributed by atoms with Gasteiger partial charge in [0, 0.05) is 18.7 Å². The Morgan fingerprint density at radius 2 is 2.39 bits per heavy atom. The maximum atomic E-state index is 12.3. The van der Waals surface area contributed by atoms with Gasteiger partial charge in [-0.2, -0.15) is 0 Å². The molecular weight excluding hydrogens is 228 g/mol. The monoisotopic (exact) mass is 246 g/mol. The van der Waals surface area contributed by atoms with E-state index in [0.717, 1.165) is 38.1 Å². The van der Waals surface area contributed by atoms with Crippen LogP contribution in [-0.4, -0.2) is 31.7 Å². The van der Waals surface area contributed by atoms with Gasteiger partial charge in [0.05, 0.1) is 12.6 Å². The minimum Gasteiger partial charge on any atom is -0.379 e. The predicted octanol–water partition coefficient (Wildman–Crippen LogP) is 0.851. The normalized spacial score (nSPS) is 22.6. The van der Waals surface area contributed by atoms with Crippen LogP contribution >= 0.6 is 0 Å². The highest BCUT2D eigenvalue weighted by Gasteiger charge is 2.21. The summed E-state index contributed by atoms with van der Waals surface area (Å²) in [5.74, 6) is 0.0456. The first-order chi connectivity index (χ1) is 8.84. The number of nitrogens with one attached hydrogen (secondary N) is 2. The Morgan fingerprint density at radius 1 is 1.44 bits per heavy atom. The molecule has 1 atom stereocenters. The molecule has 2 heterocycles. The summed E-state index contributed by atoms with van der Waals surface area (Å²) in [6.07, 6.45) is 1.85. The zero-order chi connectivity index (χ0) is 12.4. The van der Waals surface area contributed by atoms with Crippen LogP contribution in [0.1, 0.15) is 27.9 Å². The van der Waals surface area contributed by atoms with Crippen LogP contribution in [0.25, 0.3) is 0 Å². The summed E-state index contributed by atoms with van der Waals surface area (Å²) in [7, 11) is 0. The van der Waals surface area contributed by atoms with Crippen molar-refractivity contribution in [2.75, 3.05) is 19.8 Å². The van der Waals surface area contributed by atoms with Gasteiger partial charge in [-0.3, -0.25) is 4.79 Å². The van der Waals surface area contributed by atoms with Gasteiger partial charge in [-0.1, -0.05) is 12.1 Å². The summed E-state index contributed by atoms with van der Waals surface area (Å²) in [6, 6.07) is 6.16. The molecular formula is C14H18N2O2. The summed E-state index contributed by atoms with van der Waals surface area (Å²) < 4.78 is 5.28. The van der Waals surface area contributed by atoms with Crippen molar-refractivity contribution in [3.8, 4) is 0 Å². The first-order valence-electron chi connectivity index (χ1n) is 6.54. The molecule has 0 aliphatic carbocycles. The fourth-order valence-corrected chi connectivity index (χ4v) is 2.66. The molecule has 18 heavy (non-hydrogen) atoms. The highest BCUT2D eigenvalue weighted by molar-refractivity contribution is 5.96. The van der Waals surface area contributed by atoms with Crippen LogP contribution in [0.4, 0.5) is 0 Å². The van der Waals surface area contributed by atoms with Crippen molar-refractivity contribution in [1.82, 2.24) is 10.6 Å². The second-order valence-electron chi connectivity index (χ2n) is 4.90. The van der Waals surface area contributed by atoms with Gasteiger partial charge in [0.15, 0.2) is 0 Å². The molecule has 1 fully saturated rings. The van der Waals surface area contributed by atoms with E-state index in [9.17, 15) is 4.79 Å². The van der Waals surface area contributed by atoms with Crippen molar-refractivity contribution < 1.29 is 9.53 Å². The number of hydrogen-bond acceptors (Lipinski definition) is 3. The van der Waals surface area contributed by atoms with Crippen LogP contribution in [0, 0.1) is 0 Å². The Bertz CT molecular complexity index is 453. The van der Waals surface area contributed by atoms with Crippen molar-refractivity contribution in [2.45, 2.75) is 25.4 Å². The summed E-state index contributed by atoms with van der Waals surface area (Å²) in [4.78, 5) is 12.3. The summed E-state index contributed by atoms with van der Waals surface area (Å²) >= 11 is 0. The number of carbonyl (C=O) groups excluding carboxylic acids is 1. The van der Waals surface area contributed by atoms with Gasteiger partial charge in [-0.15, -0.1) is 0 Å². The van der Waals surface area contributed by atoms with Crippen LogP contribution in [0.5, 0.6) is 0 Å². The molecule has 0 bridgehead atoms. The predicted molar refractivity (Wildman–Crippen MR) is 68.5 cm³/mol. The molecule has 0 saturated carbocycles. The lowest BCUT2D eigenvalue weighted by Crippen LogP contribution is -2.36. The first-order valence-corrected chi connectivity index (χ1v) is 6.54. The standard InChI is InChI=1S/C14H18N2O2/c17-14(16-11-5-7-18-9-11)13-3-1-2-10-8-15-6-4-12(10)13/h1-3,11,15H,4-9H2,(H,16,17). The maximum absolute atomic E-state index is 12.3. The molecule has 0 aromatic heterocycles. The number of carbonyl (C=O) groups is 1. The van der Waals surface area contributed by atoms with E-state index in [1.54, 1.807) is 0 Å². The van der Waals surface area contributed by atoms with E-state index in [1.165, 1.54) is 11.1 Å². The average Bonchev–Trinajstić information content (AvgIpc) is 2.91. The lowest BCUT2D eigenvalue weighted by atomic mass is 9.95. The fourth-order valence-electron chi connectivity index (χ4n) is 2.66. The molecule has 1 amide bonds. The van der Waals surface area contributed by atoms with Gasteiger partial charge in [-0.25, -0.2) is 0 Å². The van der Waals surface area contributed by atoms with Gasteiger partial charge >= 0.3 is 0 Å². The minimum absolute atomic E-state index is 0.0456. The van der Waals surface area contributed by atoms with Crippen LogP contribution in [0.2, 0.25) is 0 Å². The molecule has 1 aromatic rings. The van der Waals surface area contributed by atoms with E-state index in [-0.39, 0.29) is 11.9 Å². The second-order valence-corrected chi connectivity index (χ2v) is 4.90. The summed E-state index contributed by atoms with van der Waals surface area (Å²) in [5.41, 5.74) is 3.28. The average molecular weight is 246 g/mol. The van der Waals surface area contributed by atoms with Crippen LogP contribution < -0.4 is 10.6 Å². The van der Waals surface area contributed by atoms with Crippen LogP contribution in [0.3, 0.4) is 0 Å². The van der Waals surface area contributed by atoms with Gasteiger partial charge in [0.25, 0.3) is 5.91 Å². The molecule has 0 radical (unpaired) electrons. The maximum Gasteiger partial charge on any atom is 0.251 e. The van der Waals surface area contributed by atoms with Crippen molar-refractivity contribution in [3.05, 3.63) is 34.9 Å². The van der Waals surface area contributed by atoms with Gasteiger partial charge < -0.3 is 15.4 Å². The van der Waals surface area contributed by atoms with E-state index >= 15 is 0 Å². The topological polar surface area (TPSA) is 50.4 Å². The van der Waals surface area contributed by atoms with E-state index in [4.69, 9.17) is 4.74 Å². The summed E-state index contributed by atoms with van der Waals surface area (Å²) in [5, 5.41) is 6.39. The molecule has 0 spiro atoms. The Kier molecular flexibility index (Phi) is 3.30.